The number of aryl methyl sites for hydroxylation is 1. The van der Waals surface area contributed by atoms with Crippen LogP contribution < -0.4 is 5.32 Å². The van der Waals surface area contributed by atoms with Gasteiger partial charge in [0.15, 0.2) is 0 Å². The number of benzene rings is 1. The summed E-state index contributed by atoms with van der Waals surface area (Å²) in [5.74, 6) is 4.85. The SMILES string of the molecule is Cc1nccn1-c1cc(C(=O)NC2C3CC4C(C3)C42)c2ccccc2n1. The van der Waals surface area contributed by atoms with E-state index in [2.05, 4.69) is 10.3 Å². The summed E-state index contributed by atoms with van der Waals surface area (Å²) in [7, 11) is 0. The van der Waals surface area contributed by atoms with Crippen LogP contribution >= 0.6 is 0 Å². The number of carbonyl (C=O) groups excluding carboxylic acids is 1. The van der Waals surface area contributed by atoms with E-state index in [4.69, 9.17) is 4.98 Å². The van der Waals surface area contributed by atoms with Gasteiger partial charge in [0.25, 0.3) is 5.91 Å². The minimum atomic E-state index is 0.0332. The fourth-order valence-electron chi connectivity index (χ4n) is 5.61. The van der Waals surface area contributed by atoms with Crippen LogP contribution in [0.2, 0.25) is 0 Å². The van der Waals surface area contributed by atoms with Gasteiger partial charge in [-0.05, 0) is 55.6 Å². The Morgan fingerprint density at radius 3 is 2.73 bits per heavy atom. The minimum absolute atomic E-state index is 0.0332. The predicted octanol–water partition coefficient (Wildman–Crippen LogP) is 3.11. The Hall–Kier alpha value is -2.69. The zero-order valence-corrected chi connectivity index (χ0v) is 14.6. The average molecular weight is 344 g/mol. The summed E-state index contributed by atoms with van der Waals surface area (Å²) in [4.78, 5) is 22.2. The van der Waals surface area contributed by atoms with E-state index in [-0.39, 0.29) is 5.91 Å². The fourth-order valence-corrected chi connectivity index (χ4v) is 5.61. The van der Waals surface area contributed by atoms with Crippen molar-refractivity contribution in [2.24, 2.45) is 23.7 Å². The van der Waals surface area contributed by atoms with Crippen molar-refractivity contribution in [1.82, 2.24) is 19.9 Å². The molecule has 4 saturated carbocycles. The lowest BCUT2D eigenvalue weighted by atomic mass is 10.0. The Balaban J connectivity index is 1.43. The molecular formula is C21H20N4O. The van der Waals surface area contributed by atoms with Gasteiger partial charge in [-0.15, -0.1) is 0 Å². The fraction of sp³-hybridized carbons (Fsp3) is 0.381. The van der Waals surface area contributed by atoms with Crippen LogP contribution in [0.4, 0.5) is 0 Å². The van der Waals surface area contributed by atoms with E-state index in [9.17, 15) is 4.79 Å². The van der Waals surface area contributed by atoms with Gasteiger partial charge in [-0.3, -0.25) is 9.36 Å². The third-order valence-electron chi connectivity index (χ3n) is 6.79. The van der Waals surface area contributed by atoms with Crippen LogP contribution in [0.3, 0.4) is 0 Å². The highest BCUT2D eigenvalue weighted by Crippen LogP contribution is 2.70. The number of para-hydroxylation sites is 1. The quantitative estimate of drug-likeness (QED) is 0.794. The molecule has 3 unspecified atom stereocenters. The normalized spacial score (nSPS) is 30.7. The molecule has 2 aromatic heterocycles. The molecule has 7 rings (SSSR count). The van der Waals surface area contributed by atoms with E-state index in [1.807, 2.05) is 48.0 Å². The first kappa shape index (κ1) is 14.5. The molecule has 0 aliphatic heterocycles. The average Bonchev–Trinajstić information content (AvgIpc) is 3.13. The van der Waals surface area contributed by atoms with Gasteiger partial charge in [0.05, 0.1) is 11.1 Å². The molecule has 4 aliphatic rings. The molecule has 0 spiro atoms. The second kappa shape index (κ2) is 4.93. The molecule has 5 nitrogen and oxygen atoms in total. The van der Waals surface area contributed by atoms with Crippen molar-refractivity contribution < 1.29 is 4.79 Å². The number of imidazole rings is 1. The lowest BCUT2D eigenvalue weighted by Gasteiger charge is -2.18. The minimum Gasteiger partial charge on any atom is -0.349 e. The van der Waals surface area contributed by atoms with Gasteiger partial charge in [0.2, 0.25) is 0 Å². The molecule has 130 valence electrons. The van der Waals surface area contributed by atoms with Crippen molar-refractivity contribution in [2.75, 3.05) is 0 Å². The van der Waals surface area contributed by atoms with Crippen LogP contribution in [0.5, 0.6) is 0 Å². The van der Waals surface area contributed by atoms with Gasteiger partial charge in [-0.2, -0.15) is 0 Å². The summed E-state index contributed by atoms with van der Waals surface area (Å²) in [5, 5.41) is 4.27. The first-order chi connectivity index (χ1) is 12.7. The molecule has 1 N–H and O–H groups in total. The molecule has 1 aromatic carbocycles. The van der Waals surface area contributed by atoms with E-state index in [0.29, 0.717) is 17.5 Å². The molecule has 4 aliphatic carbocycles. The van der Waals surface area contributed by atoms with Crippen molar-refractivity contribution in [3.05, 3.63) is 54.1 Å². The van der Waals surface area contributed by atoms with Gasteiger partial charge < -0.3 is 5.32 Å². The molecule has 4 fully saturated rings. The summed E-state index contributed by atoms with van der Waals surface area (Å²) in [6, 6.07) is 10.1. The maximum Gasteiger partial charge on any atom is 0.252 e. The molecular weight excluding hydrogens is 324 g/mol. The first-order valence-corrected chi connectivity index (χ1v) is 9.41. The number of pyridine rings is 1. The zero-order valence-electron chi connectivity index (χ0n) is 14.6. The number of amides is 1. The lowest BCUT2D eigenvalue weighted by Crippen LogP contribution is -2.37. The van der Waals surface area contributed by atoms with Crippen LogP contribution in [0.1, 0.15) is 29.0 Å². The summed E-state index contributed by atoms with van der Waals surface area (Å²) >= 11 is 0. The molecule has 2 heterocycles. The Morgan fingerprint density at radius 2 is 2.04 bits per heavy atom. The lowest BCUT2D eigenvalue weighted by molar-refractivity contribution is 0.0929. The van der Waals surface area contributed by atoms with Crippen LogP contribution in [0.15, 0.2) is 42.7 Å². The van der Waals surface area contributed by atoms with Gasteiger partial charge in [0, 0.05) is 23.8 Å². The van der Waals surface area contributed by atoms with E-state index in [1.165, 1.54) is 12.8 Å². The van der Waals surface area contributed by atoms with Crippen LogP contribution in [-0.4, -0.2) is 26.5 Å². The van der Waals surface area contributed by atoms with Crippen molar-refractivity contribution >= 4 is 16.8 Å². The maximum absolute atomic E-state index is 13.2. The molecule has 4 bridgehead atoms. The third-order valence-corrected chi connectivity index (χ3v) is 6.79. The highest BCUT2D eigenvalue weighted by atomic mass is 16.1. The zero-order chi connectivity index (χ0) is 17.4. The van der Waals surface area contributed by atoms with Gasteiger partial charge >= 0.3 is 0 Å². The number of rotatable bonds is 3. The molecule has 0 radical (unpaired) electrons. The number of hydrogen-bond acceptors (Lipinski definition) is 3. The Bertz CT molecular complexity index is 1040. The molecule has 1 amide bonds. The van der Waals surface area contributed by atoms with Gasteiger partial charge in [-0.1, -0.05) is 18.2 Å². The molecule has 3 aromatic rings. The second-order valence-corrected chi connectivity index (χ2v) is 8.03. The first-order valence-electron chi connectivity index (χ1n) is 9.41. The van der Waals surface area contributed by atoms with Crippen molar-refractivity contribution in [3.63, 3.8) is 0 Å². The van der Waals surface area contributed by atoms with E-state index in [1.54, 1.807) is 6.20 Å². The summed E-state index contributed by atoms with van der Waals surface area (Å²) in [5.41, 5.74) is 1.54. The molecule has 0 saturated heterocycles. The summed E-state index contributed by atoms with van der Waals surface area (Å²) in [6.07, 6.45) is 6.27. The van der Waals surface area contributed by atoms with Crippen molar-refractivity contribution in [1.29, 1.82) is 0 Å². The number of aromatic nitrogens is 3. The van der Waals surface area contributed by atoms with Crippen molar-refractivity contribution in [2.45, 2.75) is 25.8 Å². The summed E-state index contributed by atoms with van der Waals surface area (Å²) in [6.45, 7) is 1.94. The largest absolute Gasteiger partial charge is 0.349 e. The standard InChI is InChI=1S/C21H20N4O/c1-11-22-6-7-25(11)18-10-16(13-4-2-3-5-17(13)23-18)21(26)24-20-12-8-14-15(9-12)19(14)20/h2-7,10,12,14-15,19-20H,8-9H2,1H3,(H,24,26). The second-order valence-electron chi connectivity index (χ2n) is 8.03. The van der Waals surface area contributed by atoms with E-state index < -0.39 is 0 Å². The van der Waals surface area contributed by atoms with Crippen molar-refractivity contribution in [3.8, 4) is 5.82 Å². The topological polar surface area (TPSA) is 59.8 Å². The van der Waals surface area contributed by atoms with Gasteiger partial charge in [-0.25, -0.2) is 9.97 Å². The monoisotopic (exact) mass is 344 g/mol. The number of fused-ring (bicyclic) bond motifs is 1. The number of hydrogen-bond donors (Lipinski definition) is 1. The number of nitrogens with zero attached hydrogens (tertiary/aromatic N) is 3. The third kappa shape index (κ3) is 1.88. The maximum atomic E-state index is 13.2. The van der Waals surface area contributed by atoms with Crippen LogP contribution in [0.25, 0.3) is 16.7 Å². The van der Waals surface area contributed by atoms with Crippen LogP contribution in [-0.2, 0) is 0 Å². The number of carbonyl (C=O) groups is 1. The Labute approximate surface area is 151 Å². The highest BCUT2D eigenvalue weighted by molar-refractivity contribution is 6.06. The number of nitrogens with one attached hydrogen (secondary N) is 1. The smallest absolute Gasteiger partial charge is 0.252 e. The molecule has 3 atom stereocenters. The summed E-state index contributed by atoms with van der Waals surface area (Å²) < 4.78 is 1.92. The van der Waals surface area contributed by atoms with E-state index in [0.717, 1.165) is 40.3 Å². The van der Waals surface area contributed by atoms with Crippen LogP contribution in [0, 0.1) is 30.6 Å². The molecule has 5 heteroatoms. The highest BCUT2D eigenvalue weighted by Gasteiger charge is 2.68. The molecule has 26 heavy (non-hydrogen) atoms. The Morgan fingerprint density at radius 1 is 1.23 bits per heavy atom. The predicted molar refractivity (Wildman–Crippen MR) is 98.1 cm³/mol. The van der Waals surface area contributed by atoms with E-state index >= 15 is 0 Å². The Kier molecular flexibility index (Phi) is 2.75. The van der Waals surface area contributed by atoms with Gasteiger partial charge in [0.1, 0.15) is 11.6 Å².